The fraction of sp³-hybridized carbons (Fsp3) is 0.525. The third kappa shape index (κ3) is 10.7. The third-order valence-electron chi connectivity index (χ3n) is 16.5. The number of rotatable bonds is 3. The van der Waals surface area contributed by atoms with Crippen molar-refractivity contribution in [1.82, 2.24) is 16.0 Å². The average molecular weight is 951 g/mol. The first-order chi connectivity index (χ1) is 33.6. The van der Waals surface area contributed by atoms with Gasteiger partial charge >= 0.3 is 0 Å². The van der Waals surface area contributed by atoms with Gasteiger partial charge in [-0.3, -0.25) is 14.9 Å². The summed E-state index contributed by atoms with van der Waals surface area (Å²) in [5.74, 6) is 10.5. The van der Waals surface area contributed by atoms with Gasteiger partial charge in [-0.05, 0) is 136 Å². The lowest BCUT2D eigenvalue weighted by Gasteiger charge is -2.56. The highest BCUT2D eigenvalue weighted by Crippen LogP contribution is 2.63. The summed E-state index contributed by atoms with van der Waals surface area (Å²) in [5.41, 5.74) is 12.4. The van der Waals surface area contributed by atoms with E-state index in [9.17, 15) is 25.2 Å². The number of ether oxygens (including phenoxy) is 1. The Balaban J connectivity index is 1.25. The molecule has 12 unspecified atom stereocenters. The molecule has 0 saturated heterocycles. The summed E-state index contributed by atoms with van der Waals surface area (Å²) in [6, 6.07) is 12.8. The molecule has 2 aromatic carbocycles. The molecule has 1 spiro atoms. The van der Waals surface area contributed by atoms with Crippen molar-refractivity contribution in [2.24, 2.45) is 28.9 Å². The zero-order valence-electron chi connectivity index (χ0n) is 41.5. The molecule has 0 radical (unpaired) electrons. The van der Waals surface area contributed by atoms with Crippen LogP contribution in [0.2, 0.25) is 0 Å². The van der Waals surface area contributed by atoms with Gasteiger partial charge in [0.2, 0.25) is 5.91 Å². The van der Waals surface area contributed by atoms with Crippen LogP contribution in [0.5, 0.6) is 0 Å². The smallest absolute Gasteiger partial charge is 0.243 e. The molecule has 3 aliphatic carbocycles. The number of fused-ring (bicyclic) bond motifs is 8. The van der Waals surface area contributed by atoms with Crippen LogP contribution in [0.15, 0.2) is 101 Å². The molecule has 0 aromatic heterocycles. The Morgan fingerprint density at radius 2 is 1.79 bits per heavy atom. The van der Waals surface area contributed by atoms with Crippen molar-refractivity contribution in [3.05, 3.63) is 129 Å². The van der Waals surface area contributed by atoms with E-state index in [1.807, 2.05) is 68.5 Å². The van der Waals surface area contributed by atoms with Crippen LogP contribution < -0.4 is 21.7 Å². The number of hydrogen-bond donors (Lipinski definition) is 8. The number of nitrogens with two attached hydrogens (primary N) is 1. The summed E-state index contributed by atoms with van der Waals surface area (Å²) in [6.07, 6.45) is 9.64. The standard InChI is InChI=1S/C59H74N4O7/c1-6-61-50-25-22-36(2)13-7-8-30-70-35-42(18-9-14-37(50)3)45-27-29-59(55(45)67)49-33-41-17-11-20-47(54(66)38(4)44(49)26-28-58(59,5)69)46-19-12-21-48-52(46)53(57(68)63-56(48)60)62-34-43(64)24-23-39-15-10-16-40(31-39)32-51(41)65/h9-10,12,14-16,18-19,21-22,31,41,43,45,47,49-51,53,55-56,61-62,64-65,67,69H,3,6,13,20,23-30,32-35,60H2,1-2,4-5H3,(H,63,68). The number of benzene rings is 2. The molecule has 6 aliphatic rings. The van der Waals surface area contributed by atoms with Crippen molar-refractivity contribution in [1.29, 1.82) is 0 Å². The topological polar surface area (TPSA) is 186 Å². The van der Waals surface area contributed by atoms with Crippen LogP contribution in [0, 0.1) is 46.9 Å². The predicted octanol–water partition coefficient (Wildman–Crippen LogP) is 6.39. The Morgan fingerprint density at radius 3 is 2.60 bits per heavy atom. The Morgan fingerprint density at radius 1 is 1.00 bits per heavy atom. The maximum atomic E-state index is 15.5. The van der Waals surface area contributed by atoms with E-state index in [1.54, 1.807) is 0 Å². The van der Waals surface area contributed by atoms with Gasteiger partial charge in [-0.1, -0.05) is 109 Å². The number of allylic oxidation sites excluding steroid dienone is 5. The largest absolute Gasteiger partial charge is 0.392 e. The highest BCUT2D eigenvalue weighted by molar-refractivity contribution is 6.01. The minimum atomic E-state index is -1.36. The predicted molar refractivity (Wildman–Crippen MR) is 274 cm³/mol. The van der Waals surface area contributed by atoms with Crippen LogP contribution in [0.4, 0.5) is 0 Å². The molecule has 372 valence electrons. The van der Waals surface area contributed by atoms with Crippen LogP contribution in [0.25, 0.3) is 0 Å². The first kappa shape index (κ1) is 51.4. The molecular weight excluding hydrogens is 877 g/mol. The number of carbonyl (C=O) groups excluding carboxylic acids is 2. The number of ketones is 1. The molecule has 2 aromatic rings. The van der Waals surface area contributed by atoms with E-state index in [2.05, 4.69) is 72.2 Å². The molecule has 12 atom stereocenters. The van der Waals surface area contributed by atoms with E-state index < -0.39 is 65.2 Å². The maximum Gasteiger partial charge on any atom is 0.243 e. The van der Waals surface area contributed by atoms with E-state index in [-0.39, 0.29) is 43.9 Å². The lowest BCUT2D eigenvalue weighted by Crippen LogP contribution is -2.60. The van der Waals surface area contributed by atoms with Gasteiger partial charge in [-0.15, -0.1) is 5.92 Å². The van der Waals surface area contributed by atoms with Gasteiger partial charge in [-0.25, -0.2) is 0 Å². The number of likely N-dealkylation sites (N-methyl/N-ethyl adjacent to an activating group) is 1. The fourth-order valence-corrected chi connectivity index (χ4v) is 12.6. The zero-order valence-corrected chi connectivity index (χ0v) is 41.5. The molecule has 1 amide bonds. The summed E-state index contributed by atoms with van der Waals surface area (Å²) in [4.78, 5) is 29.4. The summed E-state index contributed by atoms with van der Waals surface area (Å²) in [7, 11) is 0. The fourth-order valence-electron chi connectivity index (χ4n) is 12.6. The van der Waals surface area contributed by atoms with Gasteiger partial charge in [0.15, 0.2) is 5.78 Å². The van der Waals surface area contributed by atoms with Gasteiger partial charge in [-0.2, -0.15) is 0 Å². The molecular formula is C59H74N4O7. The second-order valence-corrected chi connectivity index (χ2v) is 20.9. The molecule has 11 nitrogen and oxygen atoms in total. The van der Waals surface area contributed by atoms with Crippen molar-refractivity contribution in [2.75, 3.05) is 26.3 Å². The Bertz CT molecular complexity index is 2570. The molecule has 9 N–H and O–H groups in total. The van der Waals surface area contributed by atoms with Gasteiger partial charge in [0.25, 0.3) is 0 Å². The monoisotopic (exact) mass is 951 g/mol. The van der Waals surface area contributed by atoms with Crippen molar-refractivity contribution < 1.29 is 34.8 Å². The highest BCUT2D eigenvalue weighted by Gasteiger charge is 2.64. The average Bonchev–Trinajstić information content (AvgIpc) is 3.68. The Labute approximate surface area is 415 Å². The quantitative estimate of drug-likeness (QED) is 0.127. The number of nitrogens with one attached hydrogen (secondary N) is 3. The van der Waals surface area contributed by atoms with Crippen molar-refractivity contribution in [3.63, 3.8) is 0 Å². The summed E-state index contributed by atoms with van der Waals surface area (Å²) < 4.78 is 6.24. The second kappa shape index (κ2) is 22.2. The number of aliphatic hydroxyl groups excluding tert-OH is 3. The molecule has 3 aliphatic heterocycles. The SMILES string of the molecule is C=C1C=CC=C(C2CCC3(C4CC5C#CCC(C(=O)C(C)=C4CCC3(C)O)c3cccc4c3C(NCC(O)CCc3cccc(c3)CC5O)C(=O)NC4N)C2O)COCC#CCC(C)=CCC1NCC. The summed E-state index contributed by atoms with van der Waals surface area (Å²) in [5, 5.41) is 59.7. The number of aliphatic hydroxyl groups is 4. The molecule has 4 bridgehead atoms. The van der Waals surface area contributed by atoms with E-state index in [0.717, 1.165) is 40.8 Å². The zero-order chi connectivity index (χ0) is 49.7. The van der Waals surface area contributed by atoms with Gasteiger partial charge < -0.3 is 41.5 Å². The van der Waals surface area contributed by atoms with Gasteiger partial charge in [0.1, 0.15) is 18.8 Å². The van der Waals surface area contributed by atoms with E-state index in [1.165, 1.54) is 5.57 Å². The molecule has 8 rings (SSSR count). The number of β-amino-alcohol motifs (C(OH)–C–C–N with tert-alkyl or cyclic N) is 1. The van der Waals surface area contributed by atoms with Crippen molar-refractivity contribution in [3.8, 4) is 23.7 Å². The van der Waals surface area contributed by atoms with Gasteiger partial charge in [0, 0.05) is 42.7 Å². The lowest BCUT2D eigenvalue weighted by atomic mass is 9.51. The Hall–Kier alpha value is -4.92. The first-order valence-corrected chi connectivity index (χ1v) is 25.6. The van der Waals surface area contributed by atoms with E-state index in [4.69, 9.17) is 10.5 Å². The summed E-state index contributed by atoms with van der Waals surface area (Å²) in [6.45, 7) is 13.7. The maximum absolute atomic E-state index is 15.5. The minimum Gasteiger partial charge on any atom is -0.392 e. The lowest BCUT2D eigenvalue weighted by molar-refractivity contribution is -0.170. The Kier molecular flexibility index (Phi) is 16.3. The third-order valence-corrected chi connectivity index (χ3v) is 16.5. The van der Waals surface area contributed by atoms with Crippen LogP contribution >= 0.6 is 0 Å². The molecule has 70 heavy (non-hydrogen) atoms. The van der Waals surface area contributed by atoms with Crippen molar-refractivity contribution in [2.45, 2.75) is 146 Å². The van der Waals surface area contributed by atoms with E-state index in [0.29, 0.717) is 80.1 Å². The van der Waals surface area contributed by atoms with Crippen molar-refractivity contribution >= 4 is 11.7 Å². The number of Topliss-reactive ketones (excluding diaryl/α,β-unsaturated/α-hetero) is 1. The van der Waals surface area contributed by atoms with Crippen LogP contribution in [-0.2, 0) is 27.2 Å². The molecule has 3 heterocycles. The van der Waals surface area contributed by atoms with Crippen LogP contribution in [0.1, 0.15) is 131 Å². The number of carbonyl (C=O) groups is 2. The van der Waals surface area contributed by atoms with Crippen LogP contribution in [0.3, 0.4) is 0 Å². The first-order valence-electron chi connectivity index (χ1n) is 25.6. The minimum absolute atomic E-state index is 0.0427. The number of amides is 1. The van der Waals surface area contributed by atoms with E-state index >= 15 is 4.79 Å². The number of hydrogen-bond acceptors (Lipinski definition) is 10. The normalized spacial score (nSPS) is 34.5. The highest BCUT2D eigenvalue weighted by atomic mass is 16.5. The number of aryl methyl sites for hydroxylation is 1. The molecule has 2 fully saturated rings. The summed E-state index contributed by atoms with van der Waals surface area (Å²) >= 11 is 0. The van der Waals surface area contributed by atoms with Gasteiger partial charge in [0.05, 0.1) is 36.4 Å². The molecule has 11 heteroatoms. The second-order valence-electron chi connectivity index (χ2n) is 20.9. The molecule has 2 saturated carbocycles. The van der Waals surface area contributed by atoms with Crippen LogP contribution in [-0.4, -0.2) is 88.4 Å².